The zero-order valence-corrected chi connectivity index (χ0v) is 16.7. The molecule has 0 fully saturated rings. The van der Waals surface area contributed by atoms with Gasteiger partial charge in [0.1, 0.15) is 11.5 Å². The Morgan fingerprint density at radius 1 is 0.931 bits per heavy atom. The van der Waals surface area contributed by atoms with Crippen LogP contribution in [-0.4, -0.2) is 47.2 Å². The van der Waals surface area contributed by atoms with Gasteiger partial charge in [-0.25, -0.2) is 0 Å². The Labute approximate surface area is 170 Å². The van der Waals surface area contributed by atoms with Gasteiger partial charge in [0.05, 0.1) is 6.61 Å². The van der Waals surface area contributed by atoms with E-state index in [2.05, 4.69) is 47.2 Å². The van der Waals surface area contributed by atoms with Crippen LogP contribution in [0, 0.1) is 0 Å². The maximum atomic E-state index is 9.68. The number of hydrogen-bond donors (Lipinski definition) is 2. The monoisotopic (exact) mass is 387 g/mol. The first-order chi connectivity index (χ1) is 14.1. The molecule has 5 nitrogen and oxygen atoms in total. The summed E-state index contributed by atoms with van der Waals surface area (Å²) < 4.78 is 5.82. The number of aromatic hydroxyl groups is 1. The number of nitrogens with one attached hydrogen (secondary N) is 1. The van der Waals surface area contributed by atoms with E-state index in [1.165, 1.54) is 0 Å². The molecule has 2 aromatic carbocycles. The minimum Gasteiger partial charge on any atom is -0.508 e. The molecule has 148 valence electrons. The molecule has 29 heavy (non-hydrogen) atoms. The number of aromatic amines is 1. The van der Waals surface area contributed by atoms with Crippen molar-refractivity contribution in [3.8, 4) is 33.9 Å². The summed E-state index contributed by atoms with van der Waals surface area (Å²) in [7, 11) is 4.13. The topological polar surface area (TPSA) is 61.4 Å². The van der Waals surface area contributed by atoms with Crippen LogP contribution < -0.4 is 4.74 Å². The summed E-state index contributed by atoms with van der Waals surface area (Å²) in [6, 6.07) is 17.6. The fraction of sp³-hybridized carbons (Fsp3) is 0.208. The highest BCUT2D eigenvalue weighted by Gasteiger charge is 2.07. The number of rotatable bonds is 7. The molecule has 0 aliphatic heterocycles. The molecule has 0 aliphatic rings. The minimum atomic E-state index is 0.263. The normalized spacial score (nSPS) is 11.3. The lowest BCUT2D eigenvalue weighted by Gasteiger charge is -2.11. The molecule has 0 aliphatic carbocycles. The highest BCUT2D eigenvalue weighted by atomic mass is 16.5. The van der Waals surface area contributed by atoms with E-state index < -0.39 is 0 Å². The first-order valence-corrected chi connectivity index (χ1v) is 9.73. The van der Waals surface area contributed by atoms with Crippen molar-refractivity contribution in [1.82, 2.24) is 14.9 Å². The lowest BCUT2D eigenvalue weighted by atomic mass is 10.0. The summed E-state index contributed by atoms with van der Waals surface area (Å²) in [6.07, 6.45) is 4.71. The minimum absolute atomic E-state index is 0.263. The zero-order valence-electron chi connectivity index (χ0n) is 16.7. The molecule has 2 aromatic heterocycles. The molecule has 0 spiro atoms. The third-order valence-electron chi connectivity index (χ3n) is 4.86. The van der Waals surface area contributed by atoms with E-state index in [1.807, 2.05) is 36.7 Å². The van der Waals surface area contributed by atoms with Crippen molar-refractivity contribution in [2.45, 2.75) is 6.42 Å². The lowest BCUT2D eigenvalue weighted by Crippen LogP contribution is -2.15. The Balaban J connectivity index is 1.50. The van der Waals surface area contributed by atoms with Gasteiger partial charge in [-0.05, 0) is 68.5 Å². The SMILES string of the molecule is CN(C)CCCOc1ccc(-c2cncc(-c3cc4cc(O)ccc4[nH]3)c2)cc1. The maximum Gasteiger partial charge on any atom is 0.119 e. The number of hydrogen-bond acceptors (Lipinski definition) is 4. The molecule has 2 heterocycles. The molecule has 0 unspecified atom stereocenters. The van der Waals surface area contributed by atoms with Crippen LogP contribution in [0.1, 0.15) is 6.42 Å². The van der Waals surface area contributed by atoms with Gasteiger partial charge < -0.3 is 19.7 Å². The molecule has 0 bridgehead atoms. The van der Waals surface area contributed by atoms with Gasteiger partial charge in [-0.15, -0.1) is 0 Å². The van der Waals surface area contributed by atoms with E-state index in [0.29, 0.717) is 6.61 Å². The van der Waals surface area contributed by atoms with Crippen molar-refractivity contribution in [3.63, 3.8) is 0 Å². The standard InChI is InChI=1S/C24H25N3O2/c1-27(2)10-3-11-29-22-7-4-17(5-8-22)19-12-20(16-25-15-19)24-14-18-13-21(28)6-9-23(18)26-24/h4-9,12-16,26,28H,3,10-11H2,1-2H3. The number of aromatic nitrogens is 2. The van der Waals surface area contributed by atoms with Gasteiger partial charge in [-0.3, -0.25) is 4.98 Å². The third kappa shape index (κ3) is 4.58. The number of nitrogens with zero attached hydrogens (tertiary/aromatic N) is 2. The predicted octanol–water partition coefficient (Wildman–Crippen LogP) is 4.93. The number of phenols is 1. The van der Waals surface area contributed by atoms with Gasteiger partial charge in [-0.1, -0.05) is 12.1 Å². The number of fused-ring (bicyclic) bond motifs is 1. The van der Waals surface area contributed by atoms with Gasteiger partial charge >= 0.3 is 0 Å². The Morgan fingerprint density at radius 3 is 2.52 bits per heavy atom. The summed E-state index contributed by atoms with van der Waals surface area (Å²) in [4.78, 5) is 9.96. The van der Waals surface area contributed by atoms with Gasteiger partial charge in [0.25, 0.3) is 0 Å². The van der Waals surface area contributed by atoms with Crippen molar-refractivity contribution in [3.05, 3.63) is 67.0 Å². The quantitative estimate of drug-likeness (QED) is 0.441. The average Bonchev–Trinajstić information content (AvgIpc) is 3.15. The summed E-state index contributed by atoms with van der Waals surface area (Å²) in [5.74, 6) is 1.14. The van der Waals surface area contributed by atoms with Crippen LogP contribution in [0.15, 0.2) is 67.0 Å². The largest absolute Gasteiger partial charge is 0.508 e. The first-order valence-electron chi connectivity index (χ1n) is 9.73. The second-order valence-electron chi connectivity index (χ2n) is 7.45. The summed E-state index contributed by atoms with van der Waals surface area (Å²) in [5, 5.41) is 10.7. The zero-order chi connectivity index (χ0) is 20.2. The molecule has 0 radical (unpaired) electrons. The van der Waals surface area contributed by atoms with E-state index >= 15 is 0 Å². The second-order valence-corrected chi connectivity index (χ2v) is 7.45. The lowest BCUT2D eigenvalue weighted by molar-refractivity contribution is 0.281. The van der Waals surface area contributed by atoms with Gasteiger partial charge in [0.15, 0.2) is 0 Å². The van der Waals surface area contributed by atoms with Crippen molar-refractivity contribution < 1.29 is 9.84 Å². The number of phenolic OH excluding ortho intramolecular Hbond substituents is 1. The number of ether oxygens (including phenoxy) is 1. The van der Waals surface area contributed by atoms with Crippen molar-refractivity contribution in [2.24, 2.45) is 0 Å². The number of H-pyrrole nitrogens is 1. The van der Waals surface area contributed by atoms with E-state index in [0.717, 1.165) is 52.0 Å². The van der Waals surface area contributed by atoms with Crippen LogP contribution >= 0.6 is 0 Å². The third-order valence-corrected chi connectivity index (χ3v) is 4.86. The molecular weight excluding hydrogens is 362 g/mol. The summed E-state index contributed by atoms with van der Waals surface area (Å²) in [6.45, 7) is 1.73. The molecule has 0 saturated heterocycles. The van der Waals surface area contributed by atoms with Gasteiger partial charge in [0, 0.05) is 46.7 Å². The molecule has 0 amide bonds. The van der Waals surface area contributed by atoms with E-state index in [1.54, 1.807) is 12.1 Å². The number of pyridine rings is 1. The Bertz CT molecular complexity index is 1100. The van der Waals surface area contributed by atoms with E-state index in [4.69, 9.17) is 4.74 Å². The molecular formula is C24H25N3O2. The number of benzene rings is 2. The van der Waals surface area contributed by atoms with Crippen LogP contribution in [-0.2, 0) is 0 Å². The van der Waals surface area contributed by atoms with Crippen LogP contribution in [0.25, 0.3) is 33.3 Å². The smallest absolute Gasteiger partial charge is 0.119 e. The average molecular weight is 387 g/mol. The fourth-order valence-corrected chi connectivity index (χ4v) is 3.34. The van der Waals surface area contributed by atoms with Gasteiger partial charge in [-0.2, -0.15) is 0 Å². The first kappa shape index (κ1) is 19.0. The van der Waals surface area contributed by atoms with Crippen LogP contribution in [0.3, 0.4) is 0 Å². The highest BCUT2D eigenvalue weighted by molar-refractivity contribution is 5.87. The Morgan fingerprint density at radius 2 is 1.72 bits per heavy atom. The second kappa shape index (κ2) is 8.37. The predicted molar refractivity (Wildman–Crippen MR) is 117 cm³/mol. The van der Waals surface area contributed by atoms with Crippen molar-refractivity contribution >= 4 is 10.9 Å². The Hall–Kier alpha value is -3.31. The van der Waals surface area contributed by atoms with Crippen molar-refractivity contribution in [1.29, 1.82) is 0 Å². The summed E-state index contributed by atoms with van der Waals surface area (Å²) in [5.41, 5.74) is 5.10. The van der Waals surface area contributed by atoms with Gasteiger partial charge in [0.2, 0.25) is 0 Å². The molecule has 0 saturated carbocycles. The summed E-state index contributed by atoms with van der Waals surface area (Å²) >= 11 is 0. The van der Waals surface area contributed by atoms with Crippen LogP contribution in [0.5, 0.6) is 11.5 Å². The molecule has 5 heteroatoms. The van der Waals surface area contributed by atoms with E-state index in [9.17, 15) is 5.11 Å². The Kier molecular flexibility index (Phi) is 5.49. The van der Waals surface area contributed by atoms with Crippen molar-refractivity contribution in [2.75, 3.05) is 27.2 Å². The highest BCUT2D eigenvalue weighted by Crippen LogP contribution is 2.29. The molecule has 0 atom stereocenters. The maximum absolute atomic E-state index is 9.68. The van der Waals surface area contributed by atoms with E-state index in [-0.39, 0.29) is 5.75 Å². The molecule has 4 rings (SSSR count). The van der Waals surface area contributed by atoms with Crippen LogP contribution in [0.2, 0.25) is 0 Å². The molecule has 2 N–H and O–H groups in total. The fourth-order valence-electron chi connectivity index (χ4n) is 3.34. The molecule has 4 aromatic rings. The van der Waals surface area contributed by atoms with Crippen LogP contribution in [0.4, 0.5) is 0 Å².